The van der Waals surface area contributed by atoms with Gasteiger partial charge in [-0.15, -0.1) is 0 Å². The van der Waals surface area contributed by atoms with E-state index >= 15 is 0 Å². The standard InChI is InChI=1S/C18H21ClN4O5S/c1-10-16(11(2)28-22-10)29(26,27)23-7-3-4-12(9-23)18(25)21-13-5-6-14(17(20)24)15(19)8-13/h5-6,8,12H,3-4,7,9H2,1-2H3,(H2,20,24)(H,21,25). The maximum atomic E-state index is 13.0. The third-order valence-electron chi connectivity index (χ3n) is 4.82. The third-order valence-corrected chi connectivity index (χ3v) is 7.25. The van der Waals surface area contributed by atoms with Gasteiger partial charge in [0.15, 0.2) is 5.76 Å². The minimum atomic E-state index is -3.82. The first-order valence-corrected chi connectivity index (χ1v) is 10.8. The van der Waals surface area contributed by atoms with Gasteiger partial charge in [0.25, 0.3) is 0 Å². The van der Waals surface area contributed by atoms with Crippen LogP contribution in [0.1, 0.15) is 34.7 Å². The topological polar surface area (TPSA) is 136 Å². The SMILES string of the molecule is Cc1noc(C)c1S(=O)(=O)N1CCCC(C(=O)Nc2ccc(C(N)=O)c(Cl)c2)C1. The van der Waals surface area contributed by atoms with Gasteiger partial charge in [0, 0.05) is 18.8 Å². The van der Waals surface area contributed by atoms with Gasteiger partial charge in [-0.2, -0.15) is 4.31 Å². The molecule has 2 amide bonds. The zero-order valence-electron chi connectivity index (χ0n) is 15.9. The van der Waals surface area contributed by atoms with Crippen LogP contribution in [-0.4, -0.2) is 42.8 Å². The third kappa shape index (κ3) is 4.29. The van der Waals surface area contributed by atoms with E-state index in [-0.39, 0.29) is 33.7 Å². The number of aryl methyl sites for hydroxylation is 2. The Morgan fingerprint density at radius 2 is 2.07 bits per heavy atom. The average Bonchev–Trinajstić information content (AvgIpc) is 3.00. The lowest BCUT2D eigenvalue weighted by Crippen LogP contribution is -2.43. The van der Waals surface area contributed by atoms with E-state index in [1.807, 2.05) is 0 Å². The van der Waals surface area contributed by atoms with Gasteiger partial charge in [-0.25, -0.2) is 8.42 Å². The second-order valence-corrected chi connectivity index (χ2v) is 9.19. The summed E-state index contributed by atoms with van der Waals surface area (Å²) in [6.07, 6.45) is 1.09. The number of piperidine rings is 1. The highest BCUT2D eigenvalue weighted by molar-refractivity contribution is 7.89. The number of nitrogens with two attached hydrogens (primary N) is 1. The van der Waals surface area contributed by atoms with Gasteiger partial charge in [-0.05, 0) is 44.9 Å². The van der Waals surface area contributed by atoms with E-state index in [0.29, 0.717) is 30.8 Å². The molecule has 1 unspecified atom stereocenters. The lowest BCUT2D eigenvalue weighted by atomic mass is 9.98. The van der Waals surface area contributed by atoms with Crippen molar-refractivity contribution in [2.24, 2.45) is 11.7 Å². The Hall–Kier alpha value is -2.43. The van der Waals surface area contributed by atoms with Crippen molar-refractivity contribution in [2.75, 3.05) is 18.4 Å². The molecule has 2 heterocycles. The fourth-order valence-corrected chi connectivity index (χ4v) is 5.47. The Morgan fingerprint density at radius 1 is 1.34 bits per heavy atom. The maximum Gasteiger partial charge on any atom is 0.250 e. The van der Waals surface area contributed by atoms with Crippen LogP contribution in [-0.2, 0) is 14.8 Å². The summed E-state index contributed by atoms with van der Waals surface area (Å²) in [6.45, 7) is 3.47. The summed E-state index contributed by atoms with van der Waals surface area (Å²) in [5.74, 6) is -1.31. The van der Waals surface area contributed by atoms with E-state index in [2.05, 4.69) is 10.5 Å². The van der Waals surface area contributed by atoms with Gasteiger partial charge in [0.2, 0.25) is 21.8 Å². The lowest BCUT2D eigenvalue weighted by Gasteiger charge is -2.31. The Bertz CT molecular complexity index is 1050. The van der Waals surface area contributed by atoms with Crippen LogP contribution in [0.4, 0.5) is 5.69 Å². The summed E-state index contributed by atoms with van der Waals surface area (Å²) < 4.78 is 32.3. The molecule has 1 aromatic heterocycles. The second kappa shape index (κ2) is 8.13. The number of rotatable bonds is 5. The first-order chi connectivity index (χ1) is 13.6. The molecule has 1 saturated heterocycles. The van der Waals surface area contributed by atoms with Crippen LogP contribution in [0.2, 0.25) is 5.02 Å². The molecule has 1 aliphatic heterocycles. The summed E-state index contributed by atoms with van der Waals surface area (Å²) in [7, 11) is -3.82. The van der Waals surface area contributed by atoms with Crippen LogP contribution in [0, 0.1) is 19.8 Å². The van der Waals surface area contributed by atoms with Gasteiger partial charge < -0.3 is 15.6 Å². The molecule has 1 aliphatic rings. The predicted octanol–water partition coefficient (Wildman–Crippen LogP) is 2.08. The van der Waals surface area contributed by atoms with E-state index in [0.717, 1.165) is 0 Å². The van der Waals surface area contributed by atoms with Crippen molar-refractivity contribution in [1.29, 1.82) is 0 Å². The number of sulfonamides is 1. The molecule has 9 nitrogen and oxygen atoms in total. The van der Waals surface area contributed by atoms with Gasteiger partial charge in [0.05, 0.1) is 16.5 Å². The van der Waals surface area contributed by atoms with E-state index in [9.17, 15) is 18.0 Å². The van der Waals surface area contributed by atoms with Crippen molar-refractivity contribution in [3.8, 4) is 0 Å². The molecular formula is C18H21ClN4O5S. The summed E-state index contributed by atoms with van der Waals surface area (Å²) in [4.78, 5) is 24.0. The number of nitrogens with zero attached hydrogens (tertiary/aromatic N) is 2. The number of amides is 2. The number of halogens is 1. The van der Waals surface area contributed by atoms with E-state index in [4.69, 9.17) is 21.9 Å². The number of carbonyl (C=O) groups is 2. The minimum Gasteiger partial charge on any atom is -0.366 e. The minimum absolute atomic E-state index is 0.0470. The number of hydrogen-bond donors (Lipinski definition) is 2. The molecule has 0 radical (unpaired) electrons. The van der Waals surface area contributed by atoms with Crippen molar-refractivity contribution in [2.45, 2.75) is 31.6 Å². The van der Waals surface area contributed by atoms with Crippen LogP contribution in [0.5, 0.6) is 0 Å². The van der Waals surface area contributed by atoms with E-state index in [1.54, 1.807) is 13.8 Å². The molecule has 0 spiro atoms. The largest absolute Gasteiger partial charge is 0.366 e. The van der Waals surface area contributed by atoms with Crippen molar-refractivity contribution in [3.05, 3.63) is 40.2 Å². The first-order valence-electron chi connectivity index (χ1n) is 8.94. The molecule has 1 atom stereocenters. The second-order valence-electron chi connectivity index (χ2n) is 6.90. The van der Waals surface area contributed by atoms with Crippen molar-refractivity contribution >= 4 is 39.1 Å². The number of nitrogens with one attached hydrogen (secondary N) is 1. The van der Waals surface area contributed by atoms with Crippen LogP contribution in [0.25, 0.3) is 0 Å². The van der Waals surface area contributed by atoms with Crippen LogP contribution >= 0.6 is 11.6 Å². The average molecular weight is 441 g/mol. The van der Waals surface area contributed by atoms with Gasteiger partial charge in [-0.3, -0.25) is 9.59 Å². The fraction of sp³-hybridized carbons (Fsp3) is 0.389. The molecule has 1 aromatic carbocycles. The van der Waals surface area contributed by atoms with Crippen LogP contribution in [0.3, 0.4) is 0 Å². The monoisotopic (exact) mass is 440 g/mol. The zero-order chi connectivity index (χ0) is 21.3. The zero-order valence-corrected chi connectivity index (χ0v) is 17.5. The molecule has 2 aromatic rings. The Labute approximate surface area is 173 Å². The van der Waals surface area contributed by atoms with Gasteiger partial charge in [-0.1, -0.05) is 16.8 Å². The molecule has 156 valence electrons. The number of hydrogen-bond acceptors (Lipinski definition) is 6. The van der Waals surface area contributed by atoms with Crippen molar-refractivity contribution in [3.63, 3.8) is 0 Å². The Balaban J connectivity index is 1.75. The number of primary amides is 1. The molecule has 0 aliphatic carbocycles. The Kier molecular flexibility index (Phi) is 5.97. The number of benzene rings is 1. The number of carbonyl (C=O) groups excluding carboxylic acids is 2. The highest BCUT2D eigenvalue weighted by Gasteiger charge is 2.36. The van der Waals surface area contributed by atoms with E-state index in [1.165, 1.54) is 22.5 Å². The first kappa shape index (κ1) is 21.3. The highest BCUT2D eigenvalue weighted by atomic mass is 35.5. The molecule has 29 heavy (non-hydrogen) atoms. The Morgan fingerprint density at radius 3 is 2.66 bits per heavy atom. The van der Waals surface area contributed by atoms with Crippen molar-refractivity contribution < 1.29 is 22.5 Å². The van der Waals surface area contributed by atoms with Crippen LogP contribution < -0.4 is 11.1 Å². The smallest absolute Gasteiger partial charge is 0.250 e. The van der Waals surface area contributed by atoms with E-state index < -0.39 is 21.8 Å². The highest BCUT2D eigenvalue weighted by Crippen LogP contribution is 2.28. The molecule has 3 N–H and O–H groups in total. The molecule has 3 rings (SSSR count). The molecule has 1 fully saturated rings. The lowest BCUT2D eigenvalue weighted by molar-refractivity contribution is -0.120. The predicted molar refractivity (Wildman–Crippen MR) is 106 cm³/mol. The summed E-state index contributed by atoms with van der Waals surface area (Å²) >= 11 is 6.01. The summed E-state index contributed by atoms with van der Waals surface area (Å²) in [5, 5.41) is 6.56. The number of aromatic nitrogens is 1. The molecule has 0 bridgehead atoms. The molecular weight excluding hydrogens is 420 g/mol. The van der Waals surface area contributed by atoms with Crippen LogP contribution in [0.15, 0.2) is 27.6 Å². The maximum absolute atomic E-state index is 13.0. The number of anilines is 1. The van der Waals surface area contributed by atoms with Gasteiger partial charge in [0.1, 0.15) is 10.6 Å². The molecule has 11 heteroatoms. The fourth-order valence-electron chi connectivity index (χ4n) is 3.38. The molecule has 0 saturated carbocycles. The normalized spacial score (nSPS) is 17.8. The quantitative estimate of drug-likeness (QED) is 0.730. The summed E-state index contributed by atoms with van der Waals surface area (Å²) in [6, 6.07) is 4.38. The van der Waals surface area contributed by atoms with Gasteiger partial charge >= 0.3 is 0 Å². The summed E-state index contributed by atoms with van der Waals surface area (Å²) in [5.41, 5.74) is 6.06. The van der Waals surface area contributed by atoms with Crippen molar-refractivity contribution in [1.82, 2.24) is 9.46 Å².